The van der Waals surface area contributed by atoms with Gasteiger partial charge in [-0.1, -0.05) is 20.4 Å². The van der Waals surface area contributed by atoms with Gasteiger partial charge in [0, 0.05) is 19.3 Å². The molecule has 0 aliphatic carbocycles. The normalized spacial score (nSPS) is 25.2. The second-order valence-electron chi connectivity index (χ2n) is 4.48. The van der Waals surface area contributed by atoms with E-state index in [1.807, 2.05) is 0 Å². The van der Waals surface area contributed by atoms with Crippen molar-refractivity contribution in [2.75, 3.05) is 13.6 Å². The summed E-state index contributed by atoms with van der Waals surface area (Å²) in [6, 6.07) is 0. The molecule has 1 heteroatoms. The lowest BCUT2D eigenvalue weighted by molar-refractivity contribution is 0.252. The van der Waals surface area contributed by atoms with Crippen LogP contribution in [0, 0.1) is 11.8 Å². The highest BCUT2D eigenvalue weighted by Crippen LogP contribution is 2.28. The largest absolute Gasteiger partial charge is 0.378 e. The maximum atomic E-state index is 4.08. The molecule has 0 spiro atoms. The third-order valence-electron chi connectivity index (χ3n) is 2.74. The van der Waals surface area contributed by atoms with Crippen LogP contribution in [0.3, 0.4) is 0 Å². The van der Waals surface area contributed by atoms with Crippen molar-refractivity contribution < 1.29 is 0 Å². The number of allylic oxidation sites excluding steroid dienone is 1. The summed E-state index contributed by atoms with van der Waals surface area (Å²) in [4.78, 5) is 2.29. The predicted molar refractivity (Wildman–Crippen MR) is 53.9 cm³/mol. The molecular formula is C11H21N. The van der Waals surface area contributed by atoms with Gasteiger partial charge in [0.1, 0.15) is 0 Å². The van der Waals surface area contributed by atoms with Crippen LogP contribution in [0.4, 0.5) is 0 Å². The van der Waals surface area contributed by atoms with Gasteiger partial charge in [-0.3, -0.25) is 0 Å². The van der Waals surface area contributed by atoms with Gasteiger partial charge >= 0.3 is 0 Å². The van der Waals surface area contributed by atoms with Crippen molar-refractivity contribution in [3.8, 4) is 0 Å². The van der Waals surface area contributed by atoms with Crippen LogP contribution in [0.1, 0.15) is 33.1 Å². The van der Waals surface area contributed by atoms with Crippen LogP contribution in [-0.2, 0) is 0 Å². The summed E-state index contributed by atoms with van der Waals surface area (Å²) in [5.74, 6) is 1.74. The van der Waals surface area contributed by atoms with Crippen molar-refractivity contribution >= 4 is 0 Å². The first-order valence-electron chi connectivity index (χ1n) is 4.98. The molecule has 1 aliphatic heterocycles. The molecule has 1 unspecified atom stereocenters. The van der Waals surface area contributed by atoms with Gasteiger partial charge in [0.25, 0.3) is 0 Å². The molecule has 70 valence electrons. The van der Waals surface area contributed by atoms with Crippen molar-refractivity contribution in [3.05, 3.63) is 12.3 Å². The molecule has 1 nitrogen and oxygen atoms in total. The van der Waals surface area contributed by atoms with Gasteiger partial charge in [-0.25, -0.2) is 0 Å². The zero-order valence-electron chi connectivity index (χ0n) is 8.64. The van der Waals surface area contributed by atoms with Crippen LogP contribution in [0.2, 0.25) is 0 Å². The average Bonchev–Trinajstić information content (AvgIpc) is 1.96. The number of rotatable bonds is 2. The standard InChI is InChI=1S/C11H21N/c1-9(2)7-11-5-6-12(4)10(3)8-11/h9,11H,3,5-8H2,1-2,4H3. The second-order valence-corrected chi connectivity index (χ2v) is 4.48. The van der Waals surface area contributed by atoms with Gasteiger partial charge in [-0.2, -0.15) is 0 Å². The molecule has 0 aromatic carbocycles. The second kappa shape index (κ2) is 3.97. The molecule has 0 radical (unpaired) electrons. The molecule has 0 aromatic rings. The summed E-state index contributed by atoms with van der Waals surface area (Å²) in [5.41, 5.74) is 1.33. The van der Waals surface area contributed by atoms with E-state index >= 15 is 0 Å². The molecular weight excluding hydrogens is 146 g/mol. The fourth-order valence-corrected chi connectivity index (χ4v) is 1.99. The van der Waals surface area contributed by atoms with Crippen molar-refractivity contribution in [1.29, 1.82) is 0 Å². The van der Waals surface area contributed by atoms with Crippen LogP contribution in [-0.4, -0.2) is 18.5 Å². The minimum Gasteiger partial charge on any atom is -0.378 e. The first kappa shape index (κ1) is 9.63. The third kappa shape index (κ3) is 2.54. The Morgan fingerprint density at radius 2 is 2.25 bits per heavy atom. The summed E-state index contributed by atoms with van der Waals surface area (Å²) in [6.07, 6.45) is 3.94. The van der Waals surface area contributed by atoms with Gasteiger partial charge in [0.2, 0.25) is 0 Å². The first-order valence-corrected chi connectivity index (χ1v) is 4.98. The molecule has 12 heavy (non-hydrogen) atoms. The minimum atomic E-state index is 0.839. The Bertz CT molecular complexity index is 160. The lowest BCUT2D eigenvalue weighted by Gasteiger charge is -2.33. The number of hydrogen-bond donors (Lipinski definition) is 0. The fourth-order valence-electron chi connectivity index (χ4n) is 1.99. The van der Waals surface area contributed by atoms with E-state index in [0.29, 0.717) is 0 Å². The average molecular weight is 167 g/mol. The lowest BCUT2D eigenvalue weighted by atomic mass is 9.87. The molecule has 1 fully saturated rings. The van der Waals surface area contributed by atoms with E-state index in [1.54, 1.807) is 0 Å². The Balaban J connectivity index is 2.35. The van der Waals surface area contributed by atoms with Gasteiger partial charge in [-0.15, -0.1) is 0 Å². The summed E-state index contributed by atoms with van der Waals surface area (Å²) in [5, 5.41) is 0. The topological polar surface area (TPSA) is 3.24 Å². The summed E-state index contributed by atoms with van der Waals surface area (Å²) in [6.45, 7) is 9.90. The Morgan fingerprint density at radius 1 is 1.58 bits per heavy atom. The van der Waals surface area contributed by atoms with E-state index < -0.39 is 0 Å². The Hall–Kier alpha value is -0.460. The zero-order valence-corrected chi connectivity index (χ0v) is 8.64. The molecule has 0 bridgehead atoms. The number of nitrogens with zero attached hydrogens (tertiary/aromatic N) is 1. The highest BCUT2D eigenvalue weighted by atomic mass is 15.1. The van der Waals surface area contributed by atoms with E-state index in [2.05, 4.69) is 32.4 Å². The third-order valence-corrected chi connectivity index (χ3v) is 2.74. The molecule has 1 aliphatic rings. The Kier molecular flexibility index (Phi) is 3.19. The highest BCUT2D eigenvalue weighted by Gasteiger charge is 2.19. The SMILES string of the molecule is C=C1CC(CC(C)C)CCN1C. The zero-order chi connectivity index (χ0) is 9.14. The molecule has 1 saturated heterocycles. The van der Waals surface area contributed by atoms with Gasteiger partial charge in [0.15, 0.2) is 0 Å². The lowest BCUT2D eigenvalue weighted by Crippen LogP contribution is -2.28. The van der Waals surface area contributed by atoms with Crippen molar-refractivity contribution in [3.63, 3.8) is 0 Å². The van der Waals surface area contributed by atoms with Crippen LogP contribution in [0.15, 0.2) is 12.3 Å². The van der Waals surface area contributed by atoms with E-state index in [9.17, 15) is 0 Å². The smallest absolute Gasteiger partial charge is 0.0174 e. The summed E-state index contributed by atoms with van der Waals surface area (Å²) >= 11 is 0. The molecule has 1 heterocycles. The van der Waals surface area contributed by atoms with E-state index in [0.717, 1.165) is 11.8 Å². The monoisotopic (exact) mass is 167 g/mol. The Morgan fingerprint density at radius 3 is 2.75 bits per heavy atom. The van der Waals surface area contributed by atoms with Gasteiger partial charge in [0.05, 0.1) is 0 Å². The molecule has 0 N–H and O–H groups in total. The summed E-state index contributed by atoms with van der Waals surface area (Å²) in [7, 11) is 2.15. The number of piperidine rings is 1. The van der Waals surface area contributed by atoms with E-state index in [4.69, 9.17) is 0 Å². The molecule has 1 atom stereocenters. The van der Waals surface area contributed by atoms with Gasteiger partial charge in [-0.05, 0) is 31.1 Å². The predicted octanol–water partition coefficient (Wildman–Crippen LogP) is 2.89. The molecule has 0 aromatic heterocycles. The molecule has 0 saturated carbocycles. The molecule has 1 rings (SSSR count). The van der Waals surface area contributed by atoms with Crippen LogP contribution >= 0.6 is 0 Å². The van der Waals surface area contributed by atoms with Crippen LogP contribution in [0.5, 0.6) is 0 Å². The quantitative estimate of drug-likeness (QED) is 0.611. The van der Waals surface area contributed by atoms with Crippen molar-refractivity contribution in [2.24, 2.45) is 11.8 Å². The van der Waals surface area contributed by atoms with Crippen molar-refractivity contribution in [1.82, 2.24) is 4.90 Å². The van der Waals surface area contributed by atoms with Crippen LogP contribution < -0.4 is 0 Å². The summed E-state index contributed by atoms with van der Waals surface area (Å²) < 4.78 is 0. The number of likely N-dealkylation sites (tertiary alicyclic amines) is 1. The maximum absolute atomic E-state index is 4.08. The van der Waals surface area contributed by atoms with Crippen LogP contribution in [0.25, 0.3) is 0 Å². The van der Waals surface area contributed by atoms with Crippen molar-refractivity contribution in [2.45, 2.75) is 33.1 Å². The van der Waals surface area contributed by atoms with E-state index in [-0.39, 0.29) is 0 Å². The number of hydrogen-bond acceptors (Lipinski definition) is 1. The van der Waals surface area contributed by atoms with Gasteiger partial charge < -0.3 is 4.90 Å². The fraction of sp³-hybridized carbons (Fsp3) is 0.818. The maximum Gasteiger partial charge on any atom is 0.0174 e. The minimum absolute atomic E-state index is 0.839. The highest BCUT2D eigenvalue weighted by molar-refractivity contribution is 4.98. The Labute approximate surface area is 76.5 Å². The molecule has 0 amide bonds. The van der Waals surface area contributed by atoms with E-state index in [1.165, 1.54) is 31.5 Å². The first-order chi connectivity index (χ1) is 5.59.